The highest BCUT2D eigenvalue weighted by atomic mass is 16.5. The van der Waals surface area contributed by atoms with Crippen molar-refractivity contribution in [1.29, 1.82) is 0 Å². The van der Waals surface area contributed by atoms with E-state index in [4.69, 9.17) is 9.47 Å². The zero-order chi connectivity index (χ0) is 21.1. The van der Waals surface area contributed by atoms with E-state index in [1.807, 2.05) is 60.9 Å². The van der Waals surface area contributed by atoms with E-state index >= 15 is 0 Å². The standard InChI is InChI=1S/C24H26N2O4/c1-3-21(27)19-14-26(20-8-5-4-7-18(19)20)15-24(28)25-16(2)17-9-10-22-23(13-17)30-12-6-11-29-22/h4-5,7-10,13-14,16H,3,6,11-12,15H2,1-2H3,(H,25,28)/t16-/m0/s1. The van der Waals surface area contributed by atoms with E-state index < -0.39 is 0 Å². The number of carbonyl (C=O) groups is 2. The van der Waals surface area contributed by atoms with Gasteiger partial charge in [0.2, 0.25) is 5.91 Å². The van der Waals surface area contributed by atoms with E-state index in [0.717, 1.165) is 28.6 Å². The second kappa shape index (κ2) is 8.61. The van der Waals surface area contributed by atoms with Gasteiger partial charge in [-0.1, -0.05) is 31.2 Å². The van der Waals surface area contributed by atoms with Crippen LogP contribution < -0.4 is 14.8 Å². The van der Waals surface area contributed by atoms with Gasteiger partial charge in [-0.2, -0.15) is 0 Å². The second-order valence-corrected chi connectivity index (χ2v) is 7.51. The molecule has 0 spiro atoms. The minimum absolute atomic E-state index is 0.0749. The van der Waals surface area contributed by atoms with Crippen molar-refractivity contribution in [2.45, 2.75) is 39.3 Å². The molecule has 0 bridgehead atoms. The summed E-state index contributed by atoms with van der Waals surface area (Å²) >= 11 is 0. The summed E-state index contributed by atoms with van der Waals surface area (Å²) in [6.07, 6.45) is 3.07. The molecule has 2 aromatic carbocycles. The van der Waals surface area contributed by atoms with Crippen LogP contribution in [0.25, 0.3) is 10.9 Å². The van der Waals surface area contributed by atoms with Crippen LogP contribution in [-0.2, 0) is 11.3 Å². The first-order valence-corrected chi connectivity index (χ1v) is 10.4. The number of para-hydroxylation sites is 1. The first-order valence-electron chi connectivity index (χ1n) is 10.4. The van der Waals surface area contributed by atoms with Gasteiger partial charge in [0.05, 0.1) is 19.3 Å². The number of benzene rings is 2. The Balaban J connectivity index is 1.50. The lowest BCUT2D eigenvalue weighted by Crippen LogP contribution is -2.30. The zero-order valence-corrected chi connectivity index (χ0v) is 17.3. The quantitative estimate of drug-likeness (QED) is 0.621. The molecule has 3 aromatic rings. The highest BCUT2D eigenvalue weighted by molar-refractivity contribution is 6.08. The number of amides is 1. The number of ketones is 1. The van der Waals surface area contributed by atoms with E-state index in [-0.39, 0.29) is 24.3 Å². The Labute approximate surface area is 175 Å². The molecule has 1 aliphatic heterocycles. The summed E-state index contributed by atoms with van der Waals surface area (Å²) in [6, 6.07) is 13.3. The van der Waals surface area contributed by atoms with Gasteiger partial charge >= 0.3 is 0 Å². The van der Waals surface area contributed by atoms with Gasteiger partial charge in [0.1, 0.15) is 6.54 Å². The lowest BCUT2D eigenvalue weighted by Gasteiger charge is -2.17. The largest absolute Gasteiger partial charge is 0.490 e. The summed E-state index contributed by atoms with van der Waals surface area (Å²) in [4.78, 5) is 25.1. The third kappa shape index (κ3) is 4.03. The Morgan fingerprint density at radius 2 is 1.87 bits per heavy atom. The number of rotatable bonds is 6. The van der Waals surface area contributed by atoms with E-state index in [1.54, 1.807) is 6.20 Å². The Kier molecular flexibility index (Phi) is 5.74. The van der Waals surface area contributed by atoms with Crippen molar-refractivity contribution in [3.63, 3.8) is 0 Å². The highest BCUT2D eigenvalue weighted by Crippen LogP contribution is 2.32. The predicted molar refractivity (Wildman–Crippen MR) is 115 cm³/mol. The monoisotopic (exact) mass is 406 g/mol. The first kappa shape index (κ1) is 20.0. The van der Waals surface area contributed by atoms with Crippen molar-refractivity contribution in [1.82, 2.24) is 9.88 Å². The van der Waals surface area contributed by atoms with Gasteiger partial charge in [-0.3, -0.25) is 9.59 Å². The van der Waals surface area contributed by atoms with Gasteiger partial charge in [-0.25, -0.2) is 0 Å². The van der Waals surface area contributed by atoms with Gasteiger partial charge in [0, 0.05) is 35.5 Å². The molecular formula is C24H26N2O4. The molecule has 2 heterocycles. The molecule has 1 aliphatic rings. The van der Waals surface area contributed by atoms with E-state index in [9.17, 15) is 9.59 Å². The normalized spacial score (nSPS) is 14.2. The SMILES string of the molecule is CCC(=O)c1cn(CC(=O)N[C@@H](C)c2ccc3c(c2)OCCCO3)c2ccccc12. The number of Topliss-reactive ketones (excluding diaryl/α,β-unsaturated/α-hetero) is 1. The molecule has 0 saturated carbocycles. The highest BCUT2D eigenvalue weighted by Gasteiger charge is 2.18. The van der Waals surface area contributed by atoms with Gasteiger partial charge in [0.25, 0.3) is 0 Å². The molecular weight excluding hydrogens is 380 g/mol. The first-order chi connectivity index (χ1) is 14.6. The number of carbonyl (C=O) groups excluding carboxylic acids is 2. The molecule has 6 nitrogen and oxygen atoms in total. The van der Waals surface area contributed by atoms with E-state index in [1.165, 1.54) is 0 Å². The predicted octanol–water partition coefficient (Wildman–Crippen LogP) is 4.27. The molecule has 6 heteroatoms. The third-order valence-corrected chi connectivity index (χ3v) is 5.37. The van der Waals surface area contributed by atoms with Crippen LogP contribution in [0.5, 0.6) is 11.5 Å². The summed E-state index contributed by atoms with van der Waals surface area (Å²) in [7, 11) is 0. The summed E-state index contributed by atoms with van der Waals surface area (Å²) in [6.45, 7) is 5.20. The average Bonchev–Trinajstić information content (AvgIpc) is 2.95. The molecule has 0 saturated heterocycles. The van der Waals surface area contributed by atoms with Crippen LogP contribution >= 0.6 is 0 Å². The van der Waals surface area contributed by atoms with Crippen LogP contribution in [-0.4, -0.2) is 29.5 Å². The van der Waals surface area contributed by atoms with Crippen LogP contribution in [0.2, 0.25) is 0 Å². The van der Waals surface area contributed by atoms with E-state index in [0.29, 0.717) is 30.9 Å². The Morgan fingerprint density at radius 1 is 1.10 bits per heavy atom. The van der Waals surface area contributed by atoms with Gasteiger partial charge < -0.3 is 19.4 Å². The fourth-order valence-corrected chi connectivity index (χ4v) is 3.76. The van der Waals surface area contributed by atoms with Crippen LogP contribution in [0, 0.1) is 0 Å². The van der Waals surface area contributed by atoms with Crippen LogP contribution in [0.3, 0.4) is 0 Å². The number of hydrogen-bond acceptors (Lipinski definition) is 4. The van der Waals surface area contributed by atoms with Crippen molar-refractivity contribution < 1.29 is 19.1 Å². The topological polar surface area (TPSA) is 69.6 Å². The third-order valence-electron chi connectivity index (χ3n) is 5.37. The Morgan fingerprint density at radius 3 is 2.67 bits per heavy atom. The molecule has 1 amide bonds. The fourth-order valence-electron chi connectivity index (χ4n) is 3.76. The molecule has 4 rings (SSSR count). The number of aromatic nitrogens is 1. The average molecular weight is 406 g/mol. The maximum absolute atomic E-state index is 12.8. The summed E-state index contributed by atoms with van der Waals surface area (Å²) < 4.78 is 13.3. The molecule has 0 aliphatic carbocycles. The Hall–Kier alpha value is -3.28. The molecule has 30 heavy (non-hydrogen) atoms. The molecule has 1 aromatic heterocycles. The second-order valence-electron chi connectivity index (χ2n) is 7.51. The van der Waals surface area contributed by atoms with Crippen molar-refractivity contribution in [2.24, 2.45) is 0 Å². The number of ether oxygens (including phenoxy) is 2. The van der Waals surface area contributed by atoms with Crippen molar-refractivity contribution in [3.8, 4) is 11.5 Å². The number of nitrogens with one attached hydrogen (secondary N) is 1. The van der Waals surface area contributed by atoms with E-state index in [2.05, 4.69) is 5.32 Å². The van der Waals surface area contributed by atoms with Crippen LogP contribution in [0.15, 0.2) is 48.7 Å². The van der Waals surface area contributed by atoms with Crippen molar-refractivity contribution in [2.75, 3.05) is 13.2 Å². The Bertz CT molecular complexity index is 1090. The molecule has 156 valence electrons. The minimum Gasteiger partial charge on any atom is -0.490 e. The van der Waals surface area contributed by atoms with Crippen LogP contribution in [0.1, 0.15) is 48.7 Å². The van der Waals surface area contributed by atoms with Gasteiger partial charge in [0.15, 0.2) is 17.3 Å². The fraction of sp³-hybridized carbons (Fsp3) is 0.333. The maximum atomic E-state index is 12.8. The lowest BCUT2D eigenvalue weighted by molar-refractivity contribution is -0.122. The molecule has 0 radical (unpaired) electrons. The molecule has 0 unspecified atom stereocenters. The number of fused-ring (bicyclic) bond motifs is 2. The van der Waals surface area contributed by atoms with Gasteiger partial charge in [-0.15, -0.1) is 0 Å². The van der Waals surface area contributed by atoms with Gasteiger partial charge in [-0.05, 0) is 30.7 Å². The number of hydrogen-bond donors (Lipinski definition) is 1. The molecule has 0 fully saturated rings. The molecule has 1 atom stereocenters. The molecule has 1 N–H and O–H groups in total. The lowest BCUT2D eigenvalue weighted by atomic mass is 10.1. The summed E-state index contributed by atoms with van der Waals surface area (Å²) in [5, 5.41) is 3.93. The minimum atomic E-state index is -0.187. The number of nitrogens with zero attached hydrogens (tertiary/aromatic N) is 1. The zero-order valence-electron chi connectivity index (χ0n) is 17.3. The van der Waals surface area contributed by atoms with Crippen molar-refractivity contribution >= 4 is 22.6 Å². The van der Waals surface area contributed by atoms with Crippen molar-refractivity contribution in [3.05, 3.63) is 59.8 Å². The van der Waals surface area contributed by atoms with Crippen LogP contribution in [0.4, 0.5) is 0 Å². The summed E-state index contributed by atoms with van der Waals surface area (Å²) in [5.74, 6) is 1.41. The smallest absolute Gasteiger partial charge is 0.240 e. The maximum Gasteiger partial charge on any atom is 0.240 e. The summed E-state index contributed by atoms with van der Waals surface area (Å²) in [5.41, 5.74) is 2.50.